The van der Waals surface area contributed by atoms with E-state index in [1.807, 2.05) is 44.6 Å². The number of aryl methyl sites for hydroxylation is 3. The monoisotopic (exact) mass is 405 g/mol. The van der Waals surface area contributed by atoms with Crippen LogP contribution in [0.1, 0.15) is 35.0 Å². The summed E-state index contributed by atoms with van der Waals surface area (Å²) in [5, 5.41) is 11.1. The molecule has 28 heavy (non-hydrogen) atoms. The van der Waals surface area contributed by atoms with E-state index in [4.69, 9.17) is 0 Å². The van der Waals surface area contributed by atoms with Crippen molar-refractivity contribution >= 4 is 15.8 Å². The molecule has 0 aliphatic rings. The highest BCUT2D eigenvalue weighted by atomic mass is 32.2. The van der Waals surface area contributed by atoms with Crippen molar-refractivity contribution in [2.45, 2.75) is 45.6 Å². The molecule has 0 amide bonds. The van der Waals surface area contributed by atoms with Crippen molar-refractivity contribution in [2.75, 3.05) is 19.3 Å². The van der Waals surface area contributed by atoms with Crippen molar-refractivity contribution in [1.82, 2.24) is 20.4 Å². The topological polar surface area (TPSA) is 88.4 Å². The number of aliphatic imine (C=N–C) groups is 1. The number of rotatable bonds is 7. The summed E-state index contributed by atoms with van der Waals surface area (Å²) >= 11 is 0. The van der Waals surface area contributed by atoms with E-state index < -0.39 is 9.84 Å². The van der Waals surface area contributed by atoms with Crippen LogP contribution in [0, 0.1) is 20.8 Å². The molecule has 1 aromatic heterocycles. The molecule has 0 aliphatic carbocycles. The lowest BCUT2D eigenvalue weighted by atomic mass is 10.1. The van der Waals surface area contributed by atoms with Crippen LogP contribution in [-0.2, 0) is 29.9 Å². The number of benzene rings is 1. The van der Waals surface area contributed by atoms with E-state index in [1.165, 1.54) is 17.5 Å². The first kappa shape index (κ1) is 21.9. The van der Waals surface area contributed by atoms with Gasteiger partial charge in [-0.2, -0.15) is 5.10 Å². The second-order valence-electron chi connectivity index (χ2n) is 7.02. The highest BCUT2D eigenvalue weighted by Crippen LogP contribution is 2.17. The highest BCUT2D eigenvalue weighted by molar-refractivity contribution is 7.90. The lowest BCUT2D eigenvalue weighted by Crippen LogP contribution is -2.38. The molecule has 1 aromatic carbocycles. The molecule has 0 aliphatic heterocycles. The molecule has 0 unspecified atom stereocenters. The lowest BCUT2D eigenvalue weighted by molar-refractivity contribution is 0.601. The van der Waals surface area contributed by atoms with Crippen LogP contribution in [-0.4, -0.2) is 43.5 Å². The first-order valence-electron chi connectivity index (χ1n) is 9.44. The van der Waals surface area contributed by atoms with E-state index >= 15 is 0 Å². The van der Waals surface area contributed by atoms with Crippen LogP contribution < -0.4 is 10.6 Å². The number of aromatic nitrogens is 2. The molecular weight excluding hydrogens is 374 g/mol. The van der Waals surface area contributed by atoms with Gasteiger partial charge >= 0.3 is 0 Å². The van der Waals surface area contributed by atoms with Crippen LogP contribution in [0.2, 0.25) is 0 Å². The third kappa shape index (κ3) is 5.58. The molecule has 2 rings (SSSR count). The third-order valence-corrected chi connectivity index (χ3v) is 5.99. The number of guanidine groups is 1. The van der Waals surface area contributed by atoms with Crippen molar-refractivity contribution in [2.24, 2.45) is 12.0 Å². The van der Waals surface area contributed by atoms with Crippen LogP contribution >= 0.6 is 0 Å². The van der Waals surface area contributed by atoms with Crippen LogP contribution in [0.5, 0.6) is 0 Å². The van der Waals surface area contributed by atoms with E-state index in [0.29, 0.717) is 11.4 Å². The molecule has 2 N–H and O–H groups in total. The van der Waals surface area contributed by atoms with Crippen molar-refractivity contribution < 1.29 is 8.42 Å². The summed E-state index contributed by atoms with van der Waals surface area (Å²) in [5.74, 6) is 0.742. The van der Waals surface area contributed by atoms with E-state index in [2.05, 4.69) is 27.6 Å². The quantitative estimate of drug-likeness (QED) is 0.544. The molecule has 2 aromatic rings. The molecular formula is C20H31N5O2S. The average Bonchev–Trinajstić information content (AvgIpc) is 2.84. The molecule has 0 saturated heterocycles. The van der Waals surface area contributed by atoms with Gasteiger partial charge in [-0.3, -0.25) is 4.68 Å². The Kier molecular flexibility index (Phi) is 7.23. The normalized spacial score (nSPS) is 12.3. The molecule has 0 radical (unpaired) electrons. The summed E-state index contributed by atoms with van der Waals surface area (Å²) < 4.78 is 25.4. The van der Waals surface area contributed by atoms with Crippen molar-refractivity contribution in [3.8, 4) is 0 Å². The second-order valence-corrected chi connectivity index (χ2v) is 9.00. The van der Waals surface area contributed by atoms with Crippen LogP contribution in [0.15, 0.2) is 28.1 Å². The number of hydrogen-bond donors (Lipinski definition) is 2. The molecule has 0 spiro atoms. The van der Waals surface area contributed by atoms with Gasteiger partial charge in [0.2, 0.25) is 0 Å². The predicted molar refractivity (Wildman–Crippen MR) is 113 cm³/mol. The van der Waals surface area contributed by atoms with Crippen molar-refractivity contribution in [1.29, 1.82) is 0 Å². The summed E-state index contributed by atoms with van der Waals surface area (Å²) in [4.78, 5) is 4.99. The van der Waals surface area contributed by atoms with Gasteiger partial charge in [0.1, 0.15) is 0 Å². The Morgan fingerprint density at radius 1 is 1.21 bits per heavy atom. The Morgan fingerprint density at radius 3 is 2.46 bits per heavy atom. The van der Waals surface area contributed by atoms with Gasteiger partial charge in [-0.25, -0.2) is 13.4 Å². The molecule has 154 valence electrons. The predicted octanol–water partition coefficient (Wildman–Crippen LogP) is 2.05. The summed E-state index contributed by atoms with van der Waals surface area (Å²) in [7, 11) is -1.24. The van der Waals surface area contributed by atoms with E-state index in [0.717, 1.165) is 42.3 Å². The van der Waals surface area contributed by atoms with Gasteiger partial charge in [0, 0.05) is 32.1 Å². The zero-order valence-electron chi connectivity index (χ0n) is 17.6. The van der Waals surface area contributed by atoms with Gasteiger partial charge in [0.05, 0.1) is 17.1 Å². The zero-order chi connectivity index (χ0) is 20.9. The van der Waals surface area contributed by atoms with Gasteiger partial charge in [-0.1, -0.05) is 12.1 Å². The van der Waals surface area contributed by atoms with Gasteiger partial charge < -0.3 is 10.6 Å². The van der Waals surface area contributed by atoms with E-state index in [1.54, 1.807) is 6.07 Å². The fourth-order valence-electron chi connectivity index (χ4n) is 3.22. The molecule has 8 heteroatoms. The van der Waals surface area contributed by atoms with Crippen LogP contribution in [0.3, 0.4) is 0 Å². The summed E-state index contributed by atoms with van der Waals surface area (Å²) in [6.07, 6.45) is 2.10. The number of hydrogen-bond acceptors (Lipinski definition) is 4. The maximum absolute atomic E-state index is 11.7. The fourth-order valence-corrected chi connectivity index (χ4v) is 4.18. The minimum atomic E-state index is -3.20. The molecule has 7 nitrogen and oxygen atoms in total. The number of nitrogens with zero attached hydrogens (tertiary/aromatic N) is 3. The average molecular weight is 406 g/mol. The standard InChI is InChI=1S/C20H31N5O2S/c1-7-21-20(22-11-10-18-15(3)24-25(5)16(18)4)23-13-17-8-9-19(14(2)12-17)28(6,26)27/h8-9,12H,7,10-11,13H2,1-6H3,(H2,21,22,23). The Bertz CT molecular complexity index is 961. The van der Waals surface area contributed by atoms with E-state index in [-0.39, 0.29) is 0 Å². The Balaban J connectivity index is 2.03. The second kappa shape index (κ2) is 9.23. The molecule has 0 atom stereocenters. The lowest BCUT2D eigenvalue weighted by Gasteiger charge is -2.12. The van der Waals surface area contributed by atoms with Gasteiger partial charge in [0.25, 0.3) is 0 Å². The third-order valence-electron chi connectivity index (χ3n) is 4.73. The summed E-state index contributed by atoms with van der Waals surface area (Å²) in [5.41, 5.74) is 5.22. The maximum atomic E-state index is 11.7. The first-order chi connectivity index (χ1) is 13.1. The zero-order valence-corrected chi connectivity index (χ0v) is 18.4. The Hall–Kier alpha value is -2.35. The fraction of sp³-hybridized carbons (Fsp3) is 0.500. The number of nitrogens with one attached hydrogen (secondary N) is 2. The summed E-state index contributed by atoms with van der Waals surface area (Å²) in [6.45, 7) is 9.95. The molecule has 1 heterocycles. The number of sulfone groups is 1. The highest BCUT2D eigenvalue weighted by Gasteiger charge is 2.11. The SMILES string of the molecule is CCNC(=NCc1ccc(S(C)(=O)=O)c(C)c1)NCCc1c(C)nn(C)c1C. The molecule has 0 saturated carbocycles. The first-order valence-corrected chi connectivity index (χ1v) is 11.3. The molecule has 0 fully saturated rings. The van der Waals surface area contributed by atoms with Crippen molar-refractivity contribution in [3.63, 3.8) is 0 Å². The maximum Gasteiger partial charge on any atom is 0.191 e. The molecule has 0 bridgehead atoms. The smallest absolute Gasteiger partial charge is 0.191 e. The minimum absolute atomic E-state index is 0.368. The Labute approximate surface area is 168 Å². The van der Waals surface area contributed by atoms with Crippen LogP contribution in [0.25, 0.3) is 0 Å². The van der Waals surface area contributed by atoms with Crippen molar-refractivity contribution in [3.05, 3.63) is 46.3 Å². The van der Waals surface area contributed by atoms with Gasteiger partial charge in [-0.15, -0.1) is 0 Å². The van der Waals surface area contributed by atoms with Gasteiger partial charge in [-0.05, 0) is 56.9 Å². The van der Waals surface area contributed by atoms with Crippen LogP contribution in [0.4, 0.5) is 0 Å². The Morgan fingerprint density at radius 2 is 1.93 bits per heavy atom. The summed E-state index contributed by atoms with van der Waals surface area (Å²) in [6, 6.07) is 5.36. The largest absolute Gasteiger partial charge is 0.357 e. The van der Waals surface area contributed by atoms with E-state index in [9.17, 15) is 8.42 Å². The minimum Gasteiger partial charge on any atom is -0.357 e. The van der Waals surface area contributed by atoms with Gasteiger partial charge in [0.15, 0.2) is 15.8 Å².